The van der Waals surface area contributed by atoms with Crippen LogP contribution < -0.4 is 38.2 Å². The van der Waals surface area contributed by atoms with Crippen LogP contribution in [0.25, 0.3) is 21.5 Å². The first kappa shape index (κ1) is 79.3. The fourth-order valence-electron chi connectivity index (χ4n) is 18.0. The number of pyridine rings is 2. The van der Waals surface area contributed by atoms with Gasteiger partial charge in [-0.1, -0.05) is 52.0 Å². The summed E-state index contributed by atoms with van der Waals surface area (Å²) in [6, 6.07) is 12.8. The lowest BCUT2D eigenvalue weighted by molar-refractivity contribution is -0.160. The van der Waals surface area contributed by atoms with E-state index in [4.69, 9.17) is 56.1 Å². The SMILES string of the molecule is [2H]C([2H])([2H])C(C)(C)OC(=O)C[C@@H]1C(=O)N2C[C@H](Oc3nc(N4CCOCC4)cc4cc(OC)ccc34)C[C@H]2C(=O)C[C@]2(C(=O)NS(=O)(=O)C3CC3)C[C@H]2/C=C\CC[C@@H](C)C[C@H]1C.[2H]C([2H])([2H])C(C)(C)OC(=O)C[C@@H]1C(=O)N2C[C@H](Oc3nc(N4CCOCC4)cc4cc(OC)ccc34)C[C@H]2C(=O)C[C@]2(C(=O)NS(=O)(=O)C3CC3)C[C@H]2/C=C\CC[C@H](C)C[C@H]1C. The number of ketones is 2. The summed E-state index contributed by atoms with van der Waals surface area (Å²) in [5, 5.41) is 1.70. The fraction of sp³-hybridized carbons (Fsp3) is 0.659. The van der Waals surface area contributed by atoms with Crippen LogP contribution in [0.5, 0.6) is 23.3 Å². The lowest BCUT2D eigenvalue weighted by Gasteiger charge is -2.32. The van der Waals surface area contributed by atoms with Crippen molar-refractivity contribution in [1.29, 1.82) is 0 Å². The number of carbonyl (C=O) groups excluding carboxylic acids is 8. The average Bonchev–Trinajstić information content (AvgIpc) is 1.57. The number of morpholine rings is 2. The Bertz CT molecular complexity index is 4690. The van der Waals surface area contributed by atoms with Crippen molar-refractivity contribution in [2.45, 2.75) is 231 Å². The van der Waals surface area contributed by atoms with E-state index in [9.17, 15) is 45.6 Å². The summed E-state index contributed by atoms with van der Waals surface area (Å²) in [7, 11) is -4.66. The quantitative estimate of drug-likeness (QED) is 0.0690. The van der Waals surface area contributed by atoms with E-state index in [1.165, 1.54) is 37.5 Å². The maximum Gasteiger partial charge on any atom is 0.307 e. The first-order valence-electron chi connectivity index (χ1n) is 44.9. The van der Waals surface area contributed by atoms with Crippen LogP contribution in [0.3, 0.4) is 0 Å². The van der Waals surface area contributed by atoms with Crippen molar-refractivity contribution < 1.29 is 101 Å². The summed E-state index contributed by atoms with van der Waals surface area (Å²) in [5.74, 6) is -5.07. The van der Waals surface area contributed by atoms with Gasteiger partial charge < -0.3 is 57.5 Å². The Labute approximate surface area is 702 Å². The van der Waals surface area contributed by atoms with E-state index in [2.05, 4.69) is 33.1 Å². The zero-order chi connectivity index (χ0) is 89.6. The van der Waals surface area contributed by atoms with E-state index in [1.807, 2.05) is 74.5 Å². The zero-order valence-corrected chi connectivity index (χ0v) is 71.1. The summed E-state index contributed by atoms with van der Waals surface area (Å²) in [6.07, 6.45) is 11.2. The molecule has 2 aromatic heterocycles. The van der Waals surface area contributed by atoms with Crippen LogP contribution in [0.15, 0.2) is 72.8 Å². The standard InChI is InChI=1S/2C44H60N4O10S/c2*1-27-9-7-8-10-30-24-44(30,42(52)46-59(53,54)33-12-13-33)25-37(49)36-22-32(26-48(36)41(51)35(28(2)19-27)23-39(50)58-43(3,4)5)57-40-34-14-11-31(55-6)20-29(34)21-38(45-40)47-15-17-56-18-16-47/h2*8,10-11,14,20-21,27-28,30,32-33,35-36H,7,9,12-13,15-19,22-26H2,1-6H3,(H,46,52)/b2*10-8-/t27-,28+,30+,32+,35-,36-,44+;27-,28-,30-,32-,35+,36+,44-/m01/s1/i2*3D3. The van der Waals surface area contributed by atoms with Crippen LogP contribution in [0.1, 0.15) is 193 Å². The number of ether oxygens (including phenoxy) is 8. The topological polar surface area (TPSA) is 341 Å². The molecule has 14 rings (SSSR count). The summed E-state index contributed by atoms with van der Waals surface area (Å²) in [6.45, 7) is 12.3. The number of carbonyl (C=O) groups is 8. The number of aromatic nitrogens is 2. The fourth-order valence-corrected chi connectivity index (χ4v) is 20.8. The molecule has 8 fully saturated rings. The van der Waals surface area contributed by atoms with E-state index in [1.54, 1.807) is 26.4 Å². The molecule has 2 N–H and O–H groups in total. The van der Waals surface area contributed by atoms with Gasteiger partial charge in [0, 0.05) is 70.9 Å². The number of allylic oxidation sites excluding steroid dienone is 4. The van der Waals surface area contributed by atoms with Gasteiger partial charge in [-0.05, 0) is 213 Å². The van der Waals surface area contributed by atoms with Crippen molar-refractivity contribution in [2.75, 3.05) is 89.7 Å². The van der Waals surface area contributed by atoms with Gasteiger partial charge in [0.1, 0.15) is 46.5 Å². The van der Waals surface area contributed by atoms with Crippen molar-refractivity contribution in [1.82, 2.24) is 29.2 Å². The van der Waals surface area contributed by atoms with Crippen LogP contribution in [-0.2, 0) is 77.4 Å². The second kappa shape index (κ2) is 35.7. The van der Waals surface area contributed by atoms with Gasteiger partial charge in [0.2, 0.25) is 55.4 Å². The highest BCUT2D eigenvalue weighted by atomic mass is 32.2. The van der Waals surface area contributed by atoms with Crippen molar-refractivity contribution >= 4 is 100 Å². The van der Waals surface area contributed by atoms with E-state index in [0.29, 0.717) is 150 Å². The number of hydrogen-bond acceptors (Lipinski definition) is 24. The molecule has 30 heteroatoms. The van der Waals surface area contributed by atoms with Crippen LogP contribution >= 0.6 is 0 Å². The molecule has 4 aliphatic carbocycles. The second-order valence-corrected chi connectivity index (χ2v) is 39.6. The zero-order valence-electron chi connectivity index (χ0n) is 75.5. The Morgan fingerprint density at radius 3 is 1.29 bits per heavy atom. The summed E-state index contributed by atoms with van der Waals surface area (Å²) in [5.41, 5.74) is -6.29. The van der Waals surface area contributed by atoms with Gasteiger partial charge in [0.05, 0.1) is 112 Å². The Morgan fingerprint density at radius 2 is 0.932 bits per heavy atom. The molecule has 6 aliphatic heterocycles. The molecule has 28 nitrogen and oxygen atoms in total. The number of esters is 2. The predicted molar refractivity (Wildman–Crippen MR) is 443 cm³/mol. The molecule has 8 heterocycles. The average molecular weight is 1680 g/mol. The highest BCUT2D eigenvalue weighted by Gasteiger charge is 2.64. The molecule has 4 saturated carbocycles. The number of anilines is 2. The minimum atomic E-state index is -3.91. The molecule has 14 atom stereocenters. The van der Waals surface area contributed by atoms with Gasteiger partial charge in [-0.15, -0.1) is 0 Å². The highest BCUT2D eigenvalue weighted by Crippen LogP contribution is 2.59. The summed E-state index contributed by atoms with van der Waals surface area (Å²) >= 11 is 0. The Hall–Kier alpha value is -8.48. The molecule has 0 unspecified atom stereocenters. The number of methoxy groups -OCH3 is 2. The lowest BCUT2D eigenvalue weighted by atomic mass is 9.82. The smallest absolute Gasteiger partial charge is 0.307 e. The van der Waals surface area contributed by atoms with Gasteiger partial charge in [0.15, 0.2) is 11.6 Å². The number of benzene rings is 2. The summed E-state index contributed by atoms with van der Waals surface area (Å²) < 4.78 is 151. The number of nitrogens with zero attached hydrogens (tertiary/aromatic N) is 6. The third-order valence-electron chi connectivity index (χ3n) is 25.0. The molecule has 10 aliphatic rings. The maximum atomic E-state index is 15.1. The molecule has 644 valence electrons. The third kappa shape index (κ3) is 20.9. The molecular weight excluding hydrogens is 1550 g/mol. The van der Waals surface area contributed by atoms with Gasteiger partial charge >= 0.3 is 11.9 Å². The van der Waals surface area contributed by atoms with Gasteiger partial charge in [-0.3, -0.25) is 47.8 Å². The minimum absolute atomic E-state index is 0.0400. The molecule has 4 saturated heterocycles. The molecule has 0 bridgehead atoms. The molecule has 0 spiro atoms. The Balaban J connectivity index is 0.000000213. The molecule has 0 radical (unpaired) electrons. The Kier molecular flexibility index (Phi) is 24.0. The first-order chi connectivity index (χ1) is 58.4. The van der Waals surface area contributed by atoms with Crippen molar-refractivity contribution in [3.05, 3.63) is 72.8 Å². The van der Waals surface area contributed by atoms with E-state index in [0.717, 1.165) is 23.6 Å². The molecule has 4 amide bonds. The number of hydrogen-bond donors (Lipinski definition) is 2. The lowest BCUT2D eigenvalue weighted by Crippen LogP contribution is -2.47. The normalized spacial score (nSPS) is 31.0. The van der Waals surface area contributed by atoms with Gasteiger partial charge in [-0.2, -0.15) is 9.97 Å². The van der Waals surface area contributed by atoms with Crippen molar-refractivity contribution in [3.63, 3.8) is 0 Å². The second-order valence-electron chi connectivity index (χ2n) is 35.7. The van der Waals surface area contributed by atoms with Gasteiger partial charge in [0.25, 0.3) is 0 Å². The maximum absolute atomic E-state index is 15.1. The molecule has 4 aromatic rings. The molecular formula is C88H120N8O20S2. The van der Waals surface area contributed by atoms with Crippen LogP contribution in [0, 0.1) is 58.2 Å². The van der Waals surface area contributed by atoms with Crippen LogP contribution in [0.2, 0.25) is 0 Å². The monoisotopic (exact) mass is 1680 g/mol. The van der Waals surface area contributed by atoms with Crippen molar-refractivity contribution in [3.8, 4) is 23.3 Å². The minimum Gasteiger partial charge on any atom is -0.497 e. The van der Waals surface area contributed by atoms with Crippen molar-refractivity contribution in [2.24, 2.45) is 58.2 Å². The van der Waals surface area contributed by atoms with E-state index < -0.39 is 162 Å². The Morgan fingerprint density at radius 1 is 0.551 bits per heavy atom. The number of fused-ring (bicyclic) bond motifs is 6. The largest absolute Gasteiger partial charge is 0.497 e. The van der Waals surface area contributed by atoms with Gasteiger partial charge in [-0.25, -0.2) is 16.8 Å². The highest BCUT2D eigenvalue weighted by molar-refractivity contribution is 7.91. The molecule has 118 heavy (non-hydrogen) atoms. The predicted octanol–water partition coefficient (Wildman–Crippen LogP) is 10.7. The number of sulfonamides is 2. The third-order valence-corrected chi connectivity index (χ3v) is 28.7. The van der Waals surface area contributed by atoms with Crippen LogP contribution in [-0.4, -0.2) is 210 Å². The summed E-state index contributed by atoms with van der Waals surface area (Å²) in [4.78, 5) is 132. The number of amides is 4. The number of nitrogens with one attached hydrogen (secondary N) is 2. The number of Topliss-reactive ketones (excluding diaryl/α,β-unsaturated/α-hetero) is 2. The van der Waals surface area contributed by atoms with Crippen LogP contribution in [0.4, 0.5) is 11.6 Å². The van der Waals surface area contributed by atoms with E-state index >= 15 is 9.59 Å². The van der Waals surface area contributed by atoms with E-state index in [-0.39, 0.29) is 87.1 Å². The molecule has 2 aromatic carbocycles. The number of rotatable bonds is 18. The first-order valence-corrected chi connectivity index (χ1v) is 45.0.